The van der Waals surface area contributed by atoms with Crippen molar-refractivity contribution >= 4 is 15.7 Å². The van der Waals surface area contributed by atoms with E-state index in [4.69, 9.17) is 4.74 Å². The number of hydrogen-bond donors (Lipinski definition) is 2. The largest absolute Gasteiger partial charge is 0.497 e. The highest BCUT2D eigenvalue weighted by molar-refractivity contribution is 7.89. The molecule has 0 aliphatic carbocycles. The van der Waals surface area contributed by atoms with Crippen molar-refractivity contribution < 1.29 is 23.2 Å². The van der Waals surface area contributed by atoms with Crippen molar-refractivity contribution in [2.75, 3.05) is 13.7 Å². The fourth-order valence-electron chi connectivity index (χ4n) is 2.00. The maximum absolute atomic E-state index is 12.2. The van der Waals surface area contributed by atoms with Crippen LogP contribution in [0, 0.1) is 10.1 Å². The smallest absolute Gasteiger partial charge is 0.270 e. The van der Waals surface area contributed by atoms with E-state index < -0.39 is 21.1 Å². The van der Waals surface area contributed by atoms with Crippen molar-refractivity contribution in [3.8, 4) is 5.75 Å². The van der Waals surface area contributed by atoms with Gasteiger partial charge >= 0.3 is 0 Å². The van der Waals surface area contributed by atoms with Gasteiger partial charge in [-0.25, -0.2) is 13.1 Å². The molecule has 0 aromatic heterocycles. The van der Waals surface area contributed by atoms with E-state index in [1.807, 2.05) is 0 Å². The van der Waals surface area contributed by atoms with E-state index in [-0.39, 0.29) is 17.1 Å². The predicted molar refractivity (Wildman–Crippen MR) is 86.2 cm³/mol. The van der Waals surface area contributed by atoms with Crippen LogP contribution in [0.25, 0.3) is 0 Å². The Bertz CT molecular complexity index is 837. The van der Waals surface area contributed by atoms with Gasteiger partial charge in [0.1, 0.15) is 5.75 Å². The summed E-state index contributed by atoms with van der Waals surface area (Å²) >= 11 is 0. The molecule has 1 unspecified atom stereocenters. The first-order chi connectivity index (χ1) is 11.3. The van der Waals surface area contributed by atoms with Gasteiger partial charge < -0.3 is 9.84 Å². The number of non-ortho nitro benzene ring substituents is 1. The van der Waals surface area contributed by atoms with Crippen LogP contribution in [-0.4, -0.2) is 32.1 Å². The number of methoxy groups -OCH3 is 1. The zero-order chi connectivity index (χ0) is 17.7. The molecule has 2 aromatic carbocycles. The number of benzene rings is 2. The highest BCUT2D eigenvalue weighted by atomic mass is 32.2. The van der Waals surface area contributed by atoms with E-state index >= 15 is 0 Å². The average molecular weight is 352 g/mol. The summed E-state index contributed by atoms with van der Waals surface area (Å²) in [4.78, 5) is 9.81. The average Bonchev–Trinajstić information content (AvgIpc) is 2.59. The van der Waals surface area contributed by atoms with Gasteiger partial charge in [-0.05, 0) is 23.8 Å². The second kappa shape index (κ2) is 7.39. The molecule has 0 saturated carbocycles. The number of nitro groups is 1. The molecular weight excluding hydrogens is 336 g/mol. The van der Waals surface area contributed by atoms with E-state index in [0.29, 0.717) is 11.3 Å². The molecule has 0 spiro atoms. The summed E-state index contributed by atoms with van der Waals surface area (Å²) in [7, 11) is -2.50. The quantitative estimate of drug-likeness (QED) is 0.577. The van der Waals surface area contributed by atoms with E-state index in [9.17, 15) is 23.6 Å². The monoisotopic (exact) mass is 352 g/mol. The molecule has 1 atom stereocenters. The molecule has 128 valence electrons. The molecule has 0 heterocycles. The van der Waals surface area contributed by atoms with Crippen LogP contribution >= 0.6 is 0 Å². The lowest BCUT2D eigenvalue weighted by atomic mass is 10.1. The van der Waals surface area contributed by atoms with Gasteiger partial charge in [0.15, 0.2) is 0 Å². The van der Waals surface area contributed by atoms with Crippen molar-refractivity contribution in [2.24, 2.45) is 0 Å². The Balaban J connectivity index is 2.12. The molecule has 0 amide bonds. The lowest BCUT2D eigenvalue weighted by Gasteiger charge is -2.13. The summed E-state index contributed by atoms with van der Waals surface area (Å²) in [5.74, 6) is 0.535. The lowest BCUT2D eigenvalue weighted by molar-refractivity contribution is -0.385. The van der Waals surface area contributed by atoms with Gasteiger partial charge in [-0.1, -0.05) is 18.2 Å². The number of hydrogen-bond acceptors (Lipinski definition) is 6. The molecule has 0 radical (unpaired) electrons. The molecule has 0 saturated heterocycles. The van der Waals surface area contributed by atoms with E-state index in [0.717, 1.165) is 6.07 Å². The molecule has 0 bridgehead atoms. The van der Waals surface area contributed by atoms with Crippen molar-refractivity contribution in [1.82, 2.24) is 4.72 Å². The highest BCUT2D eigenvalue weighted by Crippen LogP contribution is 2.20. The van der Waals surface area contributed by atoms with Crippen LogP contribution < -0.4 is 9.46 Å². The summed E-state index contributed by atoms with van der Waals surface area (Å²) < 4.78 is 31.7. The minimum Gasteiger partial charge on any atom is -0.497 e. The molecule has 2 rings (SSSR count). The van der Waals surface area contributed by atoms with Gasteiger partial charge in [-0.3, -0.25) is 10.1 Å². The minimum atomic E-state index is -3.98. The Labute approximate surface area is 138 Å². The minimum absolute atomic E-state index is 0.241. The van der Waals surface area contributed by atoms with Gasteiger partial charge in [0.05, 0.1) is 23.0 Å². The van der Waals surface area contributed by atoms with Crippen LogP contribution in [0.2, 0.25) is 0 Å². The van der Waals surface area contributed by atoms with Crippen molar-refractivity contribution in [3.05, 3.63) is 64.2 Å². The first-order valence-corrected chi connectivity index (χ1v) is 8.38. The Kier molecular flexibility index (Phi) is 5.50. The summed E-state index contributed by atoms with van der Waals surface area (Å²) in [5, 5.41) is 20.8. The zero-order valence-electron chi connectivity index (χ0n) is 12.7. The third-order valence-corrected chi connectivity index (χ3v) is 4.71. The molecule has 0 aliphatic heterocycles. The molecular formula is C15H16N2O6S. The van der Waals surface area contributed by atoms with Crippen LogP contribution in [0.4, 0.5) is 5.69 Å². The fraction of sp³-hybridized carbons (Fsp3) is 0.200. The lowest BCUT2D eigenvalue weighted by Crippen LogP contribution is -2.28. The van der Waals surface area contributed by atoms with Crippen molar-refractivity contribution in [3.63, 3.8) is 0 Å². The van der Waals surface area contributed by atoms with Gasteiger partial charge in [0.2, 0.25) is 10.0 Å². The maximum Gasteiger partial charge on any atom is 0.270 e. The van der Waals surface area contributed by atoms with E-state index in [1.165, 1.54) is 25.3 Å². The first kappa shape index (κ1) is 17.9. The number of nitrogens with one attached hydrogen (secondary N) is 1. The van der Waals surface area contributed by atoms with Crippen molar-refractivity contribution in [1.29, 1.82) is 0 Å². The summed E-state index contributed by atoms with van der Waals surface area (Å²) in [6.45, 7) is -0.280. The number of rotatable bonds is 7. The molecule has 2 N–H and O–H groups in total. The number of ether oxygens (including phenoxy) is 1. The second-order valence-corrected chi connectivity index (χ2v) is 6.67. The maximum atomic E-state index is 12.2. The topological polar surface area (TPSA) is 119 Å². The molecule has 2 aromatic rings. The third-order valence-electron chi connectivity index (χ3n) is 3.28. The second-order valence-electron chi connectivity index (χ2n) is 4.90. The van der Waals surface area contributed by atoms with Crippen LogP contribution in [0.1, 0.15) is 11.7 Å². The van der Waals surface area contributed by atoms with E-state index in [1.54, 1.807) is 24.3 Å². The van der Waals surface area contributed by atoms with E-state index in [2.05, 4.69) is 4.72 Å². The van der Waals surface area contributed by atoms with Gasteiger partial charge in [-0.15, -0.1) is 0 Å². The fourth-order valence-corrected chi connectivity index (χ4v) is 3.08. The Morgan fingerprint density at radius 2 is 1.96 bits per heavy atom. The Morgan fingerprint density at radius 1 is 1.25 bits per heavy atom. The first-order valence-electron chi connectivity index (χ1n) is 6.89. The third kappa shape index (κ3) is 4.28. The molecule has 0 fully saturated rings. The summed E-state index contributed by atoms with van der Waals surface area (Å²) in [6.07, 6.45) is -1.09. The standard InChI is InChI=1S/C15H16N2O6S/c1-23-13-6-2-4-11(8-13)15(18)10-16-24(21,22)14-7-3-5-12(9-14)17(19)20/h2-9,15-16,18H,10H2,1H3. The molecule has 24 heavy (non-hydrogen) atoms. The highest BCUT2D eigenvalue weighted by Gasteiger charge is 2.19. The summed E-state index contributed by atoms with van der Waals surface area (Å²) in [6, 6.07) is 11.3. The van der Waals surface area contributed by atoms with Crippen LogP contribution in [0.5, 0.6) is 5.75 Å². The van der Waals surface area contributed by atoms with Crippen LogP contribution in [0.15, 0.2) is 53.4 Å². The number of nitro benzene ring substituents is 1. The normalized spacial score (nSPS) is 12.6. The molecule has 0 aliphatic rings. The Hall–Kier alpha value is -2.49. The predicted octanol–water partition coefficient (Wildman–Crippen LogP) is 1.62. The van der Waals surface area contributed by atoms with Crippen molar-refractivity contribution in [2.45, 2.75) is 11.0 Å². The van der Waals surface area contributed by atoms with Crippen LogP contribution in [-0.2, 0) is 10.0 Å². The van der Waals surface area contributed by atoms with Crippen LogP contribution in [0.3, 0.4) is 0 Å². The molecule has 8 nitrogen and oxygen atoms in total. The molecule has 9 heteroatoms. The number of nitrogens with zero attached hydrogens (tertiary/aromatic N) is 1. The number of aliphatic hydroxyl groups is 1. The summed E-state index contributed by atoms with van der Waals surface area (Å²) in [5.41, 5.74) is 0.155. The zero-order valence-corrected chi connectivity index (χ0v) is 13.6. The van der Waals surface area contributed by atoms with Gasteiger partial charge in [0, 0.05) is 18.7 Å². The Morgan fingerprint density at radius 3 is 2.62 bits per heavy atom. The SMILES string of the molecule is COc1cccc(C(O)CNS(=O)(=O)c2cccc([N+](=O)[O-])c2)c1. The number of aliphatic hydroxyl groups excluding tert-OH is 1. The number of sulfonamides is 1. The van der Waals surface area contributed by atoms with Gasteiger partial charge in [0.25, 0.3) is 5.69 Å². The van der Waals surface area contributed by atoms with Gasteiger partial charge in [-0.2, -0.15) is 0 Å².